The van der Waals surface area contributed by atoms with Gasteiger partial charge in [0, 0.05) is 11.5 Å². The summed E-state index contributed by atoms with van der Waals surface area (Å²) in [4.78, 5) is 8.57. The first-order chi connectivity index (χ1) is 18.6. The number of carbonyl (C=O) groups excluding carboxylic acids is 1. The molecule has 8 atom stereocenters. The monoisotopic (exact) mass is 604 g/mol. The van der Waals surface area contributed by atoms with Crippen molar-refractivity contribution in [3.63, 3.8) is 0 Å². The number of fused-ring (bicyclic) bond motifs is 5. The standard InChI is InChI=1S/C27H46O.C4H10O2S2.CHClO/c1-18(2)7-6-8-19(3)23-11-12-24-22-10-9-20-17-21(28)13-15-26(20,4)25(22)14-16-27(23,24)5;5-1-3-7-8-4-2-6;2-1-3/h9,18-19,21-25,28H,6-8,10-17H2,1-5H3;5-6H,1-4H2;1H/t19?,21-,22-,23+,24-,25-,26-,27+;;/m0../s1. The normalized spacial score (nSPS) is 35.7. The van der Waals surface area contributed by atoms with Gasteiger partial charge in [0.1, 0.15) is 0 Å². The molecule has 0 aromatic rings. The van der Waals surface area contributed by atoms with Crippen LogP contribution < -0.4 is 0 Å². The van der Waals surface area contributed by atoms with Crippen LogP contribution >= 0.6 is 33.2 Å². The third kappa shape index (κ3) is 9.38. The Hall–Kier alpha value is 0.280. The maximum Gasteiger partial charge on any atom is 0.208 e. The van der Waals surface area contributed by atoms with Crippen molar-refractivity contribution in [2.24, 2.45) is 46.3 Å². The Morgan fingerprint density at radius 2 is 1.64 bits per heavy atom. The lowest BCUT2D eigenvalue weighted by Gasteiger charge is -2.58. The van der Waals surface area contributed by atoms with Crippen LogP contribution in [0, 0.1) is 46.3 Å². The van der Waals surface area contributed by atoms with Crippen molar-refractivity contribution >= 4 is 38.9 Å². The Labute approximate surface area is 252 Å². The fraction of sp³-hybridized carbons (Fsp3) is 0.906. The number of halogens is 1. The van der Waals surface area contributed by atoms with E-state index in [0.29, 0.717) is 10.8 Å². The first-order valence-corrected chi connectivity index (χ1v) is 18.4. The summed E-state index contributed by atoms with van der Waals surface area (Å²) < 4.78 is 0. The smallest absolute Gasteiger partial charge is 0.208 e. The molecule has 0 aromatic carbocycles. The highest BCUT2D eigenvalue weighted by atomic mass is 35.5. The SMILES string of the molecule is CC(C)CCCC(C)[C@H]1CC[C@H]2[C@@H]3CC=C4C[C@@H](O)CC[C@]4(C)[C@H]3CC[C@]12C.O=CCl.OCCSSCCO. The zero-order valence-corrected chi connectivity index (χ0v) is 27.6. The molecular formula is C32H57ClO4S2. The molecule has 0 saturated heterocycles. The highest BCUT2D eigenvalue weighted by Crippen LogP contribution is 2.67. The predicted octanol–water partition coefficient (Wildman–Crippen LogP) is 8.16. The number of hydrogen-bond acceptors (Lipinski definition) is 6. The molecule has 0 radical (unpaired) electrons. The molecule has 39 heavy (non-hydrogen) atoms. The molecule has 4 aliphatic rings. The molecular weight excluding hydrogens is 548 g/mol. The van der Waals surface area contributed by atoms with Crippen LogP contribution in [0.5, 0.6) is 0 Å². The number of aliphatic hydroxyl groups is 3. The lowest BCUT2D eigenvalue weighted by atomic mass is 9.47. The van der Waals surface area contributed by atoms with E-state index in [1.54, 1.807) is 27.2 Å². The van der Waals surface area contributed by atoms with Crippen molar-refractivity contribution in [2.75, 3.05) is 24.7 Å². The van der Waals surface area contributed by atoms with E-state index in [0.717, 1.165) is 59.9 Å². The largest absolute Gasteiger partial charge is 0.395 e. The van der Waals surface area contributed by atoms with E-state index in [-0.39, 0.29) is 25.1 Å². The molecule has 4 aliphatic carbocycles. The Kier molecular flexibility index (Phi) is 15.8. The van der Waals surface area contributed by atoms with Crippen molar-refractivity contribution in [2.45, 2.75) is 111 Å². The van der Waals surface area contributed by atoms with E-state index < -0.39 is 0 Å². The predicted molar refractivity (Wildman–Crippen MR) is 171 cm³/mol. The van der Waals surface area contributed by atoms with E-state index in [1.165, 1.54) is 57.8 Å². The summed E-state index contributed by atoms with van der Waals surface area (Å²) in [5, 5.41) is 26.7. The van der Waals surface area contributed by atoms with Gasteiger partial charge < -0.3 is 15.3 Å². The van der Waals surface area contributed by atoms with E-state index in [2.05, 4.69) is 52.3 Å². The minimum absolute atomic E-state index is 0.0766. The molecule has 0 amide bonds. The lowest BCUT2D eigenvalue weighted by molar-refractivity contribution is -0.0573. The van der Waals surface area contributed by atoms with Crippen LogP contribution in [0.2, 0.25) is 0 Å². The Bertz CT molecular complexity index is 744. The van der Waals surface area contributed by atoms with Gasteiger partial charge in [-0.2, -0.15) is 0 Å². The zero-order valence-electron chi connectivity index (χ0n) is 25.2. The van der Waals surface area contributed by atoms with Gasteiger partial charge >= 0.3 is 0 Å². The van der Waals surface area contributed by atoms with Crippen molar-refractivity contribution in [3.8, 4) is 0 Å². The van der Waals surface area contributed by atoms with Crippen LogP contribution in [-0.2, 0) is 4.79 Å². The molecule has 3 N–H and O–H groups in total. The molecule has 1 unspecified atom stereocenters. The fourth-order valence-corrected chi connectivity index (χ4v) is 10.4. The van der Waals surface area contributed by atoms with Gasteiger partial charge in [0.15, 0.2) is 0 Å². The molecule has 0 aromatic heterocycles. The van der Waals surface area contributed by atoms with E-state index in [9.17, 15) is 5.11 Å². The summed E-state index contributed by atoms with van der Waals surface area (Å²) in [6.07, 6.45) is 17.2. The van der Waals surface area contributed by atoms with Gasteiger partial charge in [0.05, 0.1) is 19.3 Å². The van der Waals surface area contributed by atoms with Gasteiger partial charge in [-0.3, -0.25) is 4.79 Å². The van der Waals surface area contributed by atoms with Gasteiger partial charge in [-0.1, -0.05) is 87.1 Å². The highest BCUT2D eigenvalue weighted by molar-refractivity contribution is 8.76. The van der Waals surface area contributed by atoms with Gasteiger partial charge in [-0.25, -0.2) is 0 Å². The molecule has 4 nitrogen and oxygen atoms in total. The quantitative estimate of drug-likeness (QED) is 0.0767. The van der Waals surface area contributed by atoms with Gasteiger partial charge in [-0.15, -0.1) is 0 Å². The summed E-state index contributed by atoms with van der Waals surface area (Å²) in [6, 6.07) is 0. The lowest BCUT2D eigenvalue weighted by Crippen LogP contribution is -2.50. The maximum atomic E-state index is 10.2. The first-order valence-electron chi connectivity index (χ1n) is 15.5. The molecule has 0 heterocycles. The molecule has 228 valence electrons. The Morgan fingerprint density at radius 3 is 2.23 bits per heavy atom. The number of rotatable bonds is 10. The maximum absolute atomic E-state index is 10.2. The number of aliphatic hydroxyl groups excluding tert-OH is 3. The Morgan fingerprint density at radius 1 is 1.00 bits per heavy atom. The Balaban J connectivity index is 0.000000413. The average molecular weight is 605 g/mol. The molecule has 4 rings (SSSR count). The van der Waals surface area contributed by atoms with Crippen LogP contribution in [0.25, 0.3) is 0 Å². The van der Waals surface area contributed by atoms with Gasteiger partial charge in [-0.05, 0) is 109 Å². The van der Waals surface area contributed by atoms with Crippen molar-refractivity contribution in [1.82, 2.24) is 0 Å². The fourth-order valence-electron chi connectivity index (χ4n) is 8.86. The molecule has 7 heteroatoms. The summed E-state index contributed by atoms with van der Waals surface area (Å²) >= 11 is 4.32. The third-order valence-corrected chi connectivity index (χ3v) is 13.1. The topological polar surface area (TPSA) is 77.8 Å². The number of allylic oxidation sites excluding steroid dienone is 1. The summed E-state index contributed by atoms with van der Waals surface area (Å²) in [6.45, 7) is 13.0. The molecule has 0 aliphatic heterocycles. The summed E-state index contributed by atoms with van der Waals surface area (Å²) in [7, 11) is 3.17. The van der Waals surface area contributed by atoms with Crippen LogP contribution in [0.4, 0.5) is 0 Å². The minimum Gasteiger partial charge on any atom is -0.395 e. The van der Waals surface area contributed by atoms with Gasteiger partial charge in [0.25, 0.3) is 0 Å². The zero-order chi connectivity index (χ0) is 29.1. The van der Waals surface area contributed by atoms with Crippen LogP contribution in [0.1, 0.15) is 105 Å². The third-order valence-electron chi connectivity index (χ3n) is 10.7. The van der Waals surface area contributed by atoms with Gasteiger partial charge in [0.2, 0.25) is 5.75 Å². The number of carbonyl (C=O) groups is 1. The van der Waals surface area contributed by atoms with Crippen LogP contribution in [0.15, 0.2) is 11.6 Å². The second-order valence-electron chi connectivity index (χ2n) is 13.4. The van der Waals surface area contributed by atoms with Crippen LogP contribution in [-0.4, -0.2) is 51.9 Å². The van der Waals surface area contributed by atoms with E-state index in [1.807, 2.05) is 0 Å². The number of hydrogen-bond donors (Lipinski definition) is 3. The van der Waals surface area contributed by atoms with Crippen molar-refractivity contribution < 1.29 is 20.1 Å². The molecule has 0 bridgehead atoms. The summed E-state index contributed by atoms with van der Waals surface area (Å²) in [5.74, 6) is 7.19. The van der Waals surface area contributed by atoms with Crippen molar-refractivity contribution in [3.05, 3.63) is 11.6 Å². The van der Waals surface area contributed by atoms with E-state index >= 15 is 0 Å². The van der Waals surface area contributed by atoms with Crippen LogP contribution in [0.3, 0.4) is 0 Å². The summed E-state index contributed by atoms with van der Waals surface area (Å²) in [5.41, 5.74) is 2.60. The molecule has 3 fully saturated rings. The first kappa shape index (κ1) is 35.5. The van der Waals surface area contributed by atoms with Crippen molar-refractivity contribution in [1.29, 1.82) is 0 Å². The second kappa shape index (κ2) is 17.4. The second-order valence-corrected chi connectivity index (χ2v) is 16.2. The average Bonchev–Trinajstić information content (AvgIpc) is 3.25. The highest BCUT2D eigenvalue weighted by Gasteiger charge is 2.59. The minimum atomic E-state index is -0.0766. The molecule has 0 spiro atoms. The van der Waals surface area contributed by atoms with E-state index in [4.69, 9.17) is 15.0 Å². The molecule has 3 saturated carbocycles.